The molecule has 0 saturated heterocycles. The van der Waals surface area contributed by atoms with Crippen LogP contribution in [-0.4, -0.2) is 5.11 Å². The Balaban J connectivity index is 2.33. The maximum Gasteiger partial charge on any atom is 0.416 e. The number of alkyl halides is 3. The molecule has 1 unspecified atom stereocenters. The van der Waals surface area contributed by atoms with Gasteiger partial charge in [-0.1, -0.05) is 42.0 Å². The van der Waals surface area contributed by atoms with Gasteiger partial charge in [-0.05, 0) is 36.6 Å². The molecular weight excluding hydrogens is 277 g/mol. The summed E-state index contributed by atoms with van der Waals surface area (Å²) in [6, 6.07) is 10.9. The molecule has 1 nitrogen and oxygen atoms in total. The number of aliphatic hydroxyl groups is 1. The van der Waals surface area contributed by atoms with Crippen molar-refractivity contribution in [3.63, 3.8) is 0 Å². The first-order chi connectivity index (χ1) is 9.79. The second kappa shape index (κ2) is 5.90. The molecule has 0 radical (unpaired) electrons. The molecule has 21 heavy (non-hydrogen) atoms. The van der Waals surface area contributed by atoms with Crippen LogP contribution in [0.25, 0.3) is 0 Å². The van der Waals surface area contributed by atoms with E-state index in [2.05, 4.69) is 0 Å². The highest BCUT2D eigenvalue weighted by Gasteiger charge is 2.34. The van der Waals surface area contributed by atoms with Crippen LogP contribution in [0.1, 0.15) is 33.9 Å². The molecule has 0 aliphatic rings. The Morgan fingerprint density at radius 1 is 1.05 bits per heavy atom. The molecule has 0 spiro atoms. The van der Waals surface area contributed by atoms with Crippen LogP contribution in [-0.2, 0) is 12.6 Å². The summed E-state index contributed by atoms with van der Waals surface area (Å²) in [7, 11) is 0. The van der Waals surface area contributed by atoms with E-state index in [9.17, 15) is 18.3 Å². The first kappa shape index (κ1) is 15.6. The van der Waals surface area contributed by atoms with Crippen molar-refractivity contribution in [3.8, 4) is 0 Å². The van der Waals surface area contributed by atoms with Gasteiger partial charge in [0.2, 0.25) is 0 Å². The van der Waals surface area contributed by atoms with Gasteiger partial charge in [0.25, 0.3) is 0 Å². The van der Waals surface area contributed by atoms with Gasteiger partial charge in [0.15, 0.2) is 0 Å². The lowest BCUT2D eigenvalue weighted by Gasteiger charge is -2.18. The summed E-state index contributed by atoms with van der Waals surface area (Å²) in [5.74, 6) is 0. The summed E-state index contributed by atoms with van der Waals surface area (Å²) >= 11 is 0. The summed E-state index contributed by atoms with van der Waals surface area (Å²) in [4.78, 5) is 0. The van der Waals surface area contributed by atoms with Crippen molar-refractivity contribution in [2.45, 2.75) is 32.5 Å². The van der Waals surface area contributed by atoms with Gasteiger partial charge in [-0.25, -0.2) is 0 Å². The fraction of sp³-hybridized carbons (Fsp3) is 0.294. The van der Waals surface area contributed by atoms with Crippen molar-refractivity contribution in [2.24, 2.45) is 0 Å². The van der Waals surface area contributed by atoms with Crippen LogP contribution in [0.2, 0.25) is 0 Å². The van der Waals surface area contributed by atoms with Crippen LogP contribution >= 0.6 is 0 Å². The zero-order valence-electron chi connectivity index (χ0n) is 11.9. The van der Waals surface area contributed by atoms with Crippen molar-refractivity contribution in [1.82, 2.24) is 0 Å². The molecule has 2 rings (SSSR count). The molecule has 0 aliphatic carbocycles. The largest absolute Gasteiger partial charge is 0.416 e. The molecule has 2 aromatic carbocycles. The van der Waals surface area contributed by atoms with Gasteiger partial charge in [-0.15, -0.1) is 0 Å². The third kappa shape index (κ3) is 3.64. The van der Waals surface area contributed by atoms with E-state index in [1.54, 1.807) is 0 Å². The van der Waals surface area contributed by atoms with Crippen LogP contribution in [0.4, 0.5) is 13.2 Å². The number of rotatable bonds is 3. The summed E-state index contributed by atoms with van der Waals surface area (Å²) < 4.78 is 38.9. The Labute approximate surface area is 122 Å². The van der Waals surface area contributed by atoms with Crippen LogP contribution in [0.3, 0.4) is 0 Å². The number of benzene rings is 2. The van der Waals surface area contributed by atoms with Crippen molar-refractivity contribution in [1.29, 1.82) is 0 Å². The monoisotopic (exact) mass is 294 g/mol. The maximum atomic E-state index is 13.0. The predicted octanol–water partition coefficient (Wildman–Crippen LogP) is 4.60. The molecule has 112 valence electrons. The zero-order chi connectivity index (χ0) is 15.6. The predicted molar refractivity (Wildman–Crippen MR) is 76.0 cm³/mol. The summed E-state index contributed by atoms with van der Waals surface area (Å²) in [5, 5.41) is 10.2. The second-order valence-corrected chi connectivity index (χ2v) is 5.23. The number of hydrogen-bond acceptors (Lipinski definition) is 1. The maximum absolute atomic E-state index is 13.0. The normalized spacial score (nSPS) is 13.2. The first-order valence-electron chi connectivity index (χ1n) is 6.69. The van der Waals surface area contributed by atoms with Gasteiger partial charge in [0.1, 0.15) is 0 Å². The lowest BCUT2D eigenvalue weighted by Crippen LogP contribution is -2.13. The average molecular weight is 294 g/mol. The highest BCUT2D eigenvalue weighted by molar-refractivity contribution is 5.35. The number of aryl methyl sites for hydroxylation is 2. The van der Waals surface area contributed by atoms with Gasteiger partial charge in [0, 0.05) is 6.42 Å². The highest BCUT2D eigenvalue weighted by atomic mass is 19.4. The van der Waals surface area contributed by atoms with E-state index in [1.807, 2.05) is 32.0 Å². The lowest BCUT2D eigenvalue weighted by molar-refractivity contribution is -0.139. The number of hydrogen-bond donors (Lipinski definition) is 1. The number of aliphatic hydroxyl groups excluding tert-OH is 1. The first-order valence-corrected chi connectivity index (χ1v) is 6.69. The molecule has 1 N–H and O–H groups in total. The molecule has 0 amide bonds. The summed E-state index contributed by atoms with van der Waals surface area (Å²) in [6.45, 7) is 3.80. The Morgan fingerprint density at radius 2 is 1.71 bits per heavy atom. The molecule has 0 fully saturated rings. The van der Waals surface area contributed by atoms with Crippen molar-refractivity contribution < 1.29 is 18.3 Å². The van der Waals surface area contributed by atoms with Crippen molar-refractivity contribution >= 4 is 0 Å². The Hall–Kier alpha value is -1.81. The second-order valence-electron chi connectivity index (χ2n) is 5.23. The molecule has 2 aromatic rings. The number of halogens is 3. The topological polar surface area (TPSA) is 20.2 Å². The summed E-state index contributed by atoms with van der Waals surface area (Å²) in [6.07, 6.45) is -5.47. The van der Waals surface area contributed by atoms with Crippen molar-refractivity contribution in [3.05, 3.63) is 70.3 Å². The van der Waals surface area contributed by atoms with Crippen molar-refractivity contribution in [2.75, 3.05) is 0 Å². The average Bonchev–Trinajstić information content (AvgIpc) is 2.42. The van der Waals surface area contributed by atoms with Crippen LogP contribution in [0.15, 0.2) is 42.5 Å². The summed E-state index contributed by atoms with van der Waals surface area (Å²) in [5.41, 5.74) is 1.99. The molecule has 0 heterocycles. The van der Waals surface area contributed by atoms with Gasteiger partial charge < -0.3 is 5.11 Å². The Bertz CT molecular complexity index is 632. The third-order valence-electron chi connectivity index (χ3n) is 3.54. The molecule has 0 aromatic heterocycles. The minimum Gasteiger partial charge on any atom is -0.388 e. The SMILES string of the molecule is Cc1ccc(C)c(CC(O)c2ccccc2C(F)(F)F)c1. The van der Waals surface area contributed by atoms with Crippen LogP contribution < -0.4 is 0 Å². The van der Waals surface area contributed by atoms with Gasteiger partial charge in [-0.2, -0.15) is 13.2 Å². The van der Waals surface area contributed by atoms with E-state index in [4.69, 9.17) is 0 Å². The van der Waals surface area contributed by atoms with E-state index < -0.39 is 17.8 Å². The molecule has 1 atom stereocenters. The van der Waals surface area contributed by atoms with Crippen LogP contribution in [0, 0.1) is 13.8 Å². The zero-order valence-corrected chi connectivity index (χ0v) is 11.9. The molecule has 4 heteroatoms. The molecule has 0 aliphatic heterocycles. The van der Waals surface area contributed by atoms with E-state index in [-0.39, 0.29) is 12.0 Å². The van der Waals surface area contributed by atoms with E-state index in [0.717, 1.165) is 22.8 Å². The Kier molecular flexibility index (Phi) is 4.37. The molecule has 0 bridgehead atoms. The third-order valence-corrected chi connectivity index (χ3v) is 3.54. The quantitative estimate of drug-likeness (QED) is 0.877. The van der Waals surface area contributed by atoms with Gasteiger partial charge in [0.05, 0.1) is 11.7 Å². The molecular formula is C17H17F3O. The van der Waals surface area contributed by atoms with Gasteiger partial charge >= 0.3 is 6.18 Å². The van der Waals surface area contributed by atoms with E-state index >= 15 is 0 Å². The smallest absolute Gasteiger partial charge is 0.388 e. The van der Waals surface area contributed by atoms with Gasteiger partial charge in [-0.3, -0.25) is 0 Å². The lowest BCUT2D eigenvalue weighted by atomic mass is 9.94. The van der Waals surface area contributed by atoms with Crippen LogP contribution in [0.5, 0.6) is 0 Å². The fourth-order valence-corrected chi connectivity index (χ4v) is 2.38. The standard InChI is InChI=1S/C17H17F3O/c1-11-7-8-12(2)13(9-11)10-16(21)14-5-3-4-6-15(14)17(18,19)20/h3-9,16,21H,10H2,1-2H3. The minimum atomic E-state index is -4.46. The van der Waals surface area contributed by atoms with E-state index in [0.29, 0.717) is 0 Å². The Morgan fingerprint density at radius 3 is 2.38 bits per heavy atom. The van der Waals surface area contributed by atoms with E-state index in [1.165, 1.54) is 18.2 Å². The minimum absolute atomic E-state index is 0.0779. The fourth-order valence-electron chi connectivity index (χ4n) is 2.38. The molecule has 0 saturated carbocycles. The highest BCUT2D eigenvalue weighted by Crippen LogP contribution is 2.35.